The van der Waals surface area contributed by atoms with Crippen molar-refractivity contribution in [2.24, 2.45) is 0 Å². The van der Waals surface area contributed by atoms with Crippen molar-refractivity contribution in [3.05, 3.63) is 76.3 Å². The minimum atomic E-state index is -0.224. The molecule has 1 aliphatic heterocycles. The summed E-state index contributed by atoms with van der Waals surface area (Å²) >= 11 is 1.02. The van der Waals surface area contributed by atoms with Gasteiger partial charge in [-0.3, -0.25) is 14.5 Å². The van der Waals surface area contributed by atoms with Crippen LogP contribution in [0.2, 0.25) is 0 Å². The Balaban J connectivity index is 1.67. The molecule has 2 heterocycles. The van der Waals surface area contributed by atoms with E-state index in [4.69, 9.17) is 0 Å². The first-order valence-electron chi connectivity index (χ1n) is 9.34. The molecule has 1 fully saturated rings. The van der Waals surface area contributed by atoms with Gasteiger partial charge < -0.3 is 4.57 Å². The van der Waals surface area contributed by atoms with Crippen molar-refractivity contribution in [2.75, 3.05) is 0 Å². The van der Waals surface area contributed by atoms with Crippen molar-refractivity contribution in [3.63, 3.8) is 0 Å². The lowest BCUT2D eigenvalue weighted by molar-refractivity contribution is -0.123. The van der Waals surface area contributed by atoms with Crippen LogP contribution in [0.15, 0.2) is 59.6 Å². The Morgan fingerprint density at radius 3 is 2.61 bits per heavy atom. The number of amides is 2. The number of benzene rings is 2. The smallest absolute Gasteiger partial charge is 0.293 e. The molecule has 0 N–H and O–H groups in total. The maximum Gasteiger partial charge on any atom is 0.293 e. The van der Waals surface area contributed by atoms with E-state index in [1.54, 1.807) is 0 Å². The summed E-state index contributed by atoms with van der Waals surface area (Å²) < 4.78 is 2.19. The highest BCUT2D eigenvalue weighted by Crippen LogP contribution is 2.35. The quantitative estimate of drug-likeness (QED) is 0.531. The molecule has 28 heavy (non-hydrogen) atoms. The van der Waals surface area contributed by atoms with E-state index >= 15 is 0 Å². The molecule has 142 valence electrons. The van der Waals surface area contributed by atoms with Gasteiger partial charge in [0.25, 0.3) is 11.1 Å². The fourth-order valence-corrected chi connectivity index (χ4v) is 4.37. The predicted octanol–water partition coefficient (Wildman–Crippen LogP) is 5.77. The average molecular weight is 391 g/mol. The number of thioether (sulfide) groups is 1. The molecule has 0 radical (unpaired) electrons. The van der Waals surface area contributed by atoms with Crippen LogP contribution in [0.4, 0.5) is 4.79 Å². The lowest BCUT2D eigenvalue weighted by atomic mass is 10.1. The number of nitrogens with zero attached hydrogens (tertiary/aromatic N) is 2. The molecule has 3 aromatic rings. The second-order valence-corrected chi connectivity index (χ2v) is 8.35. The molecule has 0 bridgehead atoms. The Morgan fingerprint density at radius 2 is 1.86 bits per heavy atom. The van der Waals surface area contributed by atoms with Gasteiger partial charge in [-0.05, 0) is 50.2 Å². The van der Waals surface area contributed by atoms with Crippen LogP contribution in [-0.4, -0.2) is 20.6 Å². The first-order valence-corrected chi connectivity index (χ1v) is 10.2. The van der Waals surface area contributed by atoms with Crippen LogP contribution in [0.1, 0.15) is 36.6 Å². The number of hydrogen-bond acceptors (Lipinski definition) is 3. The maximum atomic E-state index is 12.9. The zero-order valence-corrected chi connectivity index (χ0v) is 17.0. The van der Waals surface area contributed by atoms with E-state index in [9.17, 15) is 9.59 Å². The minimum Gasteiger partial charge on any atom is -0.344 e. The van der Waals surface area contributed by atoms with E-state index in [-0.39, 0.29) is 11.1 Å². The normalized spacial score (nSPS) is 16.1. The number of carbonyl (C=O) groups is 2. The SMILES string of the molecule is Cc1cccc(CN2C(=O)S/C(=C\c3cn(C(C)C)c4ccccc34)C2=O)c1. The van der Waals surface area contributed by atoms with Crippen molar-refractivity contribution >= 4 is 39.9 Å². The van der Waals surface area contributed by atoms with Crippen molar-refractivity contribution in [2.45, 2.75) is 33.4 Å². The molecule has 1 saturated heterocycles. The maximum absolute atomic E-state index is 12.9. The molecule has 1 aromatic heterocycles. The third kappa shape index (κ3) is 3.38. The summed E-state index contributed by atoms with van der Waals surface area (Å²) in [4.78, 5) is 27.2. The van der Waals surface area contributed by atoms with E-state index in [0.717, 1.165) is 39.4 Å². The van der Waals surface area contributed by atoms with Crippen LogP contribution in [0.5, 0.6) is 0 Å². The Bertz CT molecular complexity index is 1110. The number of rotatable bonds is 4. The van der Waals surface area contributed by atoms with Gasteiger partial charge in [-0.15, -0.1) is 0 Å². The standard InChI is InChI=1S/C23H22N2O2S/c1-15(2)24-14-18(19-9-4-5-10-20(19)24)12-21-22(26)25(23(27)28-21)13-17-8-6-7-16(3)11-17/h4-12,14-15H,13H2,1-3H3/b21-12-. The summed E-state index contributed by atoms with van der Waals surface area (Å²) in [6, 6.07) is 16.3. The van der Waals surface area contributed by atoms with Crippen molar-refractivity contribution < 1.29 is 9.59 Å². The van der Waals surface area contributed by atoms with E-state index in [0.29, 0.717) is 17.5 Å². The number of fused-ring (bicyclic) bond motifs is 1. The highest BCUT2D eigenvalue weighted by Gasteiger charge is 2.35. The number of aryl methyl sites for hydroxylation is 1. The van der Waals surface area contributed by atoms with E-state index in [2.05, 4.69) is 36.7 Å². The molecule has 0 atom stereocenters. The summed E-state index contributed by atoms with van der Waals surface area (Å²) in [5.41, 5.74) is 4.16. The van der Waals surface area contributed by atoms with Gasteiger partial charge >= 0.3 is 0 Å². The monoisotopic (exact) mass is 390 g/mol. The average Bonchev–Trinajstić information content (AvgIpc) is 3.15. The van der Waals surface area contributed by atoms with Crippen LogP contribution in [0.3, 0.4) is 0 Å². The summed E-state index contributed by atoms with van der Waals surface area (Å²) in [7, 11) is 0. The van der Waals surface area contributed by atoms with Gasteiger partial charge in [0, 0.05) is 28.7 Å². The summed E-state index contributed by atoms with van der Waals surface area (Å²) in [5.74, 6) is -0.224. The van der Waals surface area contributed by atoms with Crippen LogP contribution in [0.25, 0.3) is 17.0 Å². The lowest BCUT2D eigenvalue weighted by Crippen LogP contribution is -2.27. The van der Waals surface area contributed by atoms with E-state index in [1.807, 2.05) is 49.4 Å². The zero-order chi connectivity index (χ0) is 19.8. The predicted molar refractivity (Wildman–Crippen MR) is 115 cm³/mol. The topological polar surface area (TPSA) is 42.3 Å². The summed E-state index contributed by atoms with van der Waals surface area (Å²) in [5, 5.41) is 0.868. The second-order valence-electron chi connectivity index (χ2n) is 7.36. The molecule has 2 amide bonds. The number of aromatic nitrogens is 1. The van der Waals surface area contributed by atoms with Gasteiger partial charge in [-0.1, -0.05) is 48.0 Å². The molecule has 4 nitrogen and oxygen atoms in total. The molecule has 5 heteroatoms. The van der Waals surface area contributed by atoms with Crippen molar-refractivity contribution in [1.29, 1.82) is 0 Å². The third-order valence-electron chi connectivity index (χ3n) is 4.91. The summed E-state index contributed by atoms with van der Waals surface area (Å²) in [6.07, 6.45) is 3.91. The number of hydrogen-bond donors (Lipinski definition) is 0. The van der Waals surface area contributed by atoms with Crippen LogP contribution in [0, 0.1) is 6.92 Å². The van der Waals surface area contributed by atoms with Gasteiger partial charge in [0.05, 0.1) is 11.4 Å². The molecule has 2 aromatic carbocycles. The number of para-hydroxylation sites is 1. The molecule has 0 aliphatic carbocycles. The first-order chi connectivity index (χ1) is 13.4. The minimum absolute atomic E-state index is 0.217. The van der Waals surface area contributed by atoms with Gasteiger partial charge in [0.2, 0.25) is 0 Å². The highest BCUT2D eigenvalue weighted by atomic mass is 32.2. The third-order valence-corrected chi connectivity index (χ3v) is 5.82. The van der Waals surface area contributed by atoms with Gasteiger partial charge in [-0.25, -0.2) is 0 Å². The number of carbonyl (C=O) groups excluding carboxylic acids is 2. The highest BCUT2D eigenvalue weighted by molar-refractivity contribution is 8.18. The first kappa shape index (κ1) is 18.6. The van der Waals surface area contributed by atoms with Gasteiger partial charge in [0.1, 0.15) is 0 Å². The Morgan fingerprint density at radius 1 is 1.07 bits per heavy atom. The van der Waals surface area contributed by atoms with Crippen LogP contribution >= 0.6 is 11.8 Å². The molecule has 0 unspecified atom stereocenters. The molecular weight excluding hydrogens is 368 g/mol. The zero-order valence-electron chi connectivity index (χ0n) is 16.2. The number of imide groups is 1. The molecule has 1 aliphatic rings. The van der Waals surface area contributed by atoms with Crippen molar-refractivity contribution in [3.8, 4) is 0 Å². The van der Waals surface area contributed by atoms with Gasteiger partial charge in [-0.2, -0.15) is 0 Å². The van der Waals surface area contributed by atoms with Crippen molar-refractivity contribution in [1.82, 2.24) is 9.47 Å². The lowest BCUT2D eigenvalue weighted by Gasteiger charge is -2.12. The molecule has 0 saturated carbocycles. The summed E-state index contributed by atoms with van der Waals surface area (Å²) in [6.45, 7) is 6.57. The molecule has 0 spiro atoms. The largest absolute Gasteiger partial charge is 0.344 e. The fraction of sp³-hybridized carbons (Fsp3) is 0.217. The van der Waals surface area contributed by atoms with Crippen LogP contribution in [-0.2, 0) is 11.3 Å². The molecular formula is C23H22N2O2S. The van der Waals surface area contributed by atoms with E-state index < -0.39 is 0 Å². The fourth-order valence-electron chi connectivity index (χ4n) is 3.54. The Kier molecular flexibility index (Phi) is 4.85. The Labute approximate surface area is 168 Å². The van der Waals surface area contributed by atoms with E-state index in [1.165, 1.54) is 4.90 Å². The van der Waals surface area contributed by atoms with Crippen LogP contribution < -0.4 is 0 Å². The van der Waals surface area contributed by atoms with Gasteiger partial charge in [0.15, 0.2) is 0 Å². The second kappa shape index (κ2) is 7.32. The Hall–Kier alpha value is -2.79. The molecule has 4 rings (SSSR count).